The van der Waals surface area contributed by atoms with Crippen LogP contribution in [0.2, 0.25) is 0 Å². The normalized spacial score (nSPS) is 11.5. The topological polar surface area (TPSA) is 109 Å². The fraction of sp³-hybridized carbons (Fsp3) is 0.241. The molecule has 0 saturated carbocycles. The van der Waals surface area contributed by atoms with Crippen molar-refractivity contribution in [2.75, 3.05) is 25.0 Å². The molecule has 1 aromatic heterocycles. The molecule has 4 aromatic rings. The number of aromatic nitrogens is 2. The third kappa shape index (κ3) is 7.38. The van der Waals surface area contributed by atoms with Crippen molar-refractivity contribution in [3.63, 3.8) is 0 Å². The van der Waals surface area contributed by atoms with Crippen LogP contribution in [0, 0.1) is 0 Å². The highest BCUT2D eigenvalue weighted by atomic mass is 32.2. The number of anilines is 1. The molecule has 0 unspecified atom stereocenters. The minimum atomic E-state index is -4.01. The van der Waals surface area contributed by atoms with Gasteiger partial charge in [0.1, 0.15) is 36.8 Å². The molecular formula is C29H31N3O6S. The van der Waals surface area contributed by atoms with E-state index in [1.807, 2.05) is 30.3 Å². The number of rotatable bonds is 11. The van der Waals surface area contributed by atoms with Gasteiger partial charge in [-0.3, -0.25) is 4.72 Å². The van der Waals surface area contributed by atoms with Gasteiger partial charge in [-0.15, -0.1) is 0 Å². The summed E-state index contributed by atoms with van der Waals surface area (Å²) >= 11 is 0. The van der Waals surface area contributed by atoms with E-state index in [4.69, 9.17) is 18.9 Å². The largest absolute Gasteiger partial charge is 0.497 e. The zero-order chi connectivity index (χ0) is 27.9. The van der Waals surface area contributed by atoms with Crippen LogP contribution < -0.4 is 23.7 Å². The van der Waals surface area contributed by atoms with Gasteiger partial charge in [-0.25, -0.2) is 13.4 Å². The summed E-state index contributed by atoms with van der Waals surface area (Å²) in [6.45, 7) is 6.54. The van der Waals surface area contributed by atoms with Gasteiger partial charge in [0.2, 0.25) is 5.75 Å². The summed E-state index contributed by atoms with van der Waals surface area (Å²) in [7, 11) is -2.47. The molecule has 0 spiro atoms. The van der Waals surface area contributed by atoms with E-state index in [-0.39, 0.29) is 41.0 Å². The van der Waals surface area contributed by atoms with Crippen molar-refractivity contribution in [3.8, 4) is 28.9 Å². The number of hydrogen-bond acceptors (Lipinski definition) is 8. The highest BCUT2D eigenvalue weighted by Crippen LogP contribution is 2.37. The number of hydrogen-bond donors (Lipinski definition) is 1. The molecule has 0 saturated heterocycles. The Labute approximate surface area is 228 Å². The summed E-state index contributed by atoms with van der Waals surface area (Å²) in [5, 5.41) is 0. The summed E-state index contributed by atoms with van der Waals surface area (Å²) < 4.78 is 51.9. The average molecular weight is 550 g/mol. The van der Waals surface area contributed by atoms with Gasteiger partial charge in [-0.2, -0.15) is 4.98 Å². The molecule has 3 aromatic carbocycles. The van der Waals surface area contributed by atoms with Gasteiger partial charge in [-0.05, 0) is 47.4 Å². The van der Waals surface area contributed by atoms with Gasteiger partial charge < -0.3 is 18.9 Å². The lowest BCUT2D eigenvalue weighted by Crippen LogP contribution is -2.17. The van der Waals surface area contributed by atoms with E-state index in [0.717, 1.165) is 5.56 Å². The lowest BCUT2D eigenvalue weighted by atomic mass is 9.87. The van der Waals surface area contributed by atoms with Gasteiger partial charge >= 0.3 is 0 Å². The summed E-state index contributed by atoms with van der Waals surface area (Å²) in [6, 6.07) is 22.9. The zero-order valence-electron chi connectivity index (χ0n) is 22.2. The number of ether oxygens (including phenoxy) is 4. The van der Waals surface area contributed by atoms with Gasteiger partial charge in [0.15, 0.2) is 5.82 Å². The second-order valence-corrected chi connectivity index (χ2v) is 11.2. The molecule has 4 rings (SSSR count). The minimum Gasteiger partial charge on any atom is -0.497 e. The lowest BCUT2D eigenvalue weighted by Gasteiger charge is -2.19. The first-order valence-corrected chi connectivity index (χ1v) is 13.7. The van der Waals surface area contributed by atoms with Gasteiger partial charge in [-0.1, -0.05) is 57.2 Å². The third-order valence-corrected chi connectivity index (χ3v) is 6.98. The second kappa shape index (κ2) is 12.0. The van der Waals surface area contributed by atoms with Crippen molar-refractivity contribution in [2.24, 2.45) is 0 Å². The van der Waals surface area contributed by atoms with Crippen LogP contribution in [-0.2, 0) is 15.4 Å². The van der Waals surface area contributed by atoms with Crippen molar-refractivity contribution in [1.29, 1.82) is 0 Å². The van der Waals surface area contributed by atoms with E-state index in [0.29, 0.717) is 17.2 Å². The quantitative estimate of drug-likeness (QED) is 0.233. The molecule has 0 atom stereocenters. The molecule has 1 heterocycles. The summed E-state index contributed by atoms with van der Waals surface area (Å²) in [5.74, 6) is 1.61. The van der Waals surface area contributed by atoms with E-state index < -0.39 is 10.0 Å². The van der Waals surface area contributed by atoms with Gasteiger partial charge in [0, 0.05) is 6.07 Å². The highest BCUT2D eigenvalue weighted by Gasteiger charge is 2.23. The molecule has 0 aliphatic heterocycles. The van der Waals surface area contributed by atoms with Gasteiger partial charge in [0.25, 0.3) is 15.9 Å². The van der Waals surface area contributed by atoms with E-state index in [1.165, 1.54) is 13.4 Å². The number of methoxy groups -OCH3 is 1. The molecule has 0 bridgehead atoms. The second-order valence-electron chi connectivity index (χ2n) is 9.53. The van der Waals surface area contributed by atoms with Crippen LogP contribution in [0.15, 0.2) is 90.1 Å². The molecule has 0 fully saturated rings. The standard InChI is InChI=1S/C29H31N3O6S/c1-29(2,3)21-13-15-25(16-14-21)39(33,34)32-27-26(38-24-12-8-11-23(19-24)35-4)28(31-20-30-27)37-18-17-36-22-9-6-5-7-10-22/h5-16,19-20H,17-18H2,1-4H3,(H,30,31,32). The van der Waals surface area contributed by atoms with E-state index in [9.17, 15) is 8.42 Å². The van der Waals surface area contributed by atoms with Crippen LogP contribution >= 0.6 is 0 Å². The minimum absolute atomic E-state index is 0.000325. The van der Waals surface area contributed by atoms with E-state index >= 15 is 0 Å². The number of para-hydroxylation sites is 1. The zero-order valence-corrected chi connectivity index (χ0v) is 23.1. The third-order valence-electron chi connectivity index (χ3n) is 5.63. The fourth-order valence-electron chi connectivity index (χ4n) is 3.54. The van der Waals surface area contributed by atoms with E-state index in [2.05, 4.69) is 35.5 Å². The first-order valence-electron chi connectivity index (χ1n) is 12.3. The fourth-order valence-corrected chi connectivity index (χ4v) is 4.55. The van der Waals surface area contributed by atoms with Crippen molar-refractivity contribution < 1.29 is 27.4 Å². The van der Waals surface area contributed by atoms with E-state index in [1.54, 1.807) is 48.5 Å². The van der Waals surface area contributed by atoms with Crippen molar-refractivity contribution in [2.45, 2.75) is 31.1 Å². The Morgan fingerprint density at radius 2 is 1.46 bits per heavy atom. The number of nitrogens with one attached hydrogen (secondary N) is 1. The smallest absolute Gasteiger partial charge is 0.263 e. The van der Waals surface area contributed by atoms with Gasteiger partial charge in [0.05, 0.1) is 12.0 Å². The van der Waals surface area contributed by atoms with Crippen LogP contribution in [0.5, 0.6) is 28.9 Å². The Bertz CT molecular complexity index is 1490. The van der Waals surface area contributed by atoms with Crippen LogP contribution in [0.1, 0.15) is 26.3 Å². The summed E-state index contributed by atoms with van der Waals surface area (Å²) in [4.78, 5) is 8.42. The van der Waals surface area contributed by atoms with Crippen molar-refractivity contribution >= 4 is 15.8 Å². The maximum atomic E-state index is 13.3. The van der Waals surface area contributed by atoms with Crippen molar-refractivity contribution in [3.05, 3.63) is 90.8 Å². The molecule has 1 N–H and O–H groups in total. The molecule has 0 amide bonds. The monoisotopic (exact) mass is 549 g/mol. The number of benzene rings is 3. The van der Waals surface area contributed by atoms with Crippen LogP contribution in [-0.4, -0.2) is 38.7 Å². The molecule has 39 heavy (non-hydrogen) atoms. The molecule has 0 aliphatic rings. The Hall–Kier alpha value is -4.31. The molecule has 204 valence electrons. The van der Waals surface area contributed by atoms with Crippen LogP contribution in [0.3, 0.4) is 0 Å². The Morgan fingerprint density at radius 1 is 0.795 bits per heavy atom. The Kier molecular flexibility index (Phi) is 8.55. The number of sulfonamides is 1. The first kappa shape index (κ1) is 27.7. The Morgan fingerprint density at radius 3 is 2.15 bits per heavy atom. The average Bonchev–Trinajstić information content (AvgIpc) is 2.93. The predicted octanol–water partition coefficient (Wildman–Crippen LogP) is 5.83. The van der Waals surface area contributed by atoms with Crippen LogP contribution in [0.4, 0.5) is 5.82 Å². The highest BCUT2D eigenvalue weighted by molar-refractivity contribution is 7.92. The number of nitrogens with zero attached hydrogens (tertiary/aromatic N) is 2. The molecule has 10 heteroatoms. The maximum absolute atomic E-state index is 13.3. The molecular weight excluding hydrogens is 518 g/mol. The molecule has 0 aliphatic carbocycles. The maximum Gasteiger partial charge on any atom is 0.263 e. The Balaban J connectivity index is 1.60. The summed E-state index contributed by atoms with van der Waals surface area (Å²) in [6.07, 6.45) is 1.20. The molecule has 9 nitrogen and oxygen atoms in total. The SMILES string of the molecule is COc1cccc(Oc2c(NS(=O)(=O)c3ccc(C(C)(C)C)cc3)ncnc2OCCOc2ccccc2)c1. The lowest BCUT2D eigenvalue weighted by molar-refractivity contribution is 0.207. The molecule has 0 radical (unpaired) electrons. The summed E-state index contributed by atoms with van der Waals surface area (Å²) in [5.41, 5.74) is 0.898. The first-order chi connectivity index (χ1) is 18.7. The predicted molar refractivity (Wildman–Crippen MR) is 148 cm³/mol. The van der Waals surface area contributed by atoms with Crippen LogP contribution in [0.25, 0.3) is 0 Å². The van der Waals surface area contributed by atoms with Crippen molar-refractivity contribution in [1.82, 2.24) is 9.97 Å².